The van der Waals surface area contributed by atoms with Gasteiger partial charge in [0, 0.05) is 0 Å². The van der Waals surface area contributed by atoms with Crippen LogP contribution in [-0.2, 0) is 11.7 Å². The zero-order valence-electron chi connectivity index (χ0n) is 15.6. The molecule has 2 aromatic carbocycles. The van der Waals surface area contributed by atoms with Gasteiger partial charge < -0.3 is 0 Å². The van der Waals surface area contributed by atoms with Crippen molar-refractivity contribution in [2.45, 2.75) is 56.9 Å². The first-order valence-electron chi connectivity index (χ1n) is 9.10. The molecule has 0 amide bonds. The molecule has 0 heterocycles. The molecule has 1 unspecified atom stereocenters. The second-order valence-electron chi connectivity index (χ2n) is 6.85. The van der Waals surface area contributed by atoms with Crippen LogP contribution in [0.5, 0.6) is 5.75 Å². The van der Waals surface area contributed by atoms with E-state index in [9.17, 15) is 5.11 Å². The Balaban J connectivity index is 2.06. The van der Waals surface area contributed by atoms with Gasteiger partial charge in [-0.15, -0.1) is 0 Å². The number of aliphatic hydroxyl groups is 1. The predicted molar refractivity (Wildman–Crippen MR) is 107 cm³/mol. The van der Waals surface area contributed by atoms with Gasteiger partial charge >= 0.3 is 159 Å². The summed E-state index contributed by atoms with van der Waals surface area (Å²) in [5.74, 6) is 0.905. The van der Waals surface area contributed by atoms with E-state index in [1.54, 1.807) is 7.11 Å². The molecule has 0 bridgehead atoms. The molecule has 1 N–H and O–H groups in total. The SMILES string of the molecule is CCCCC(C)(O)CCc1cc(OC)ccc1[Se]Cc1ccccc1. The summed E-state index contributed by atoms with van der Waals surface area (Å²) in [4.78, 5) is 0. The molecule has 0 saturated heterocycles. The number of unbranched alkanes of at least 4 members (excludes halogenated alkanes) is 1. The zero-order valence-corrected chi connectivity index (χ0v) is 17.3. The molecule has 0 saturated carbocycles. The maximum absolute atomic E-state index is 10.6. The molecule has 0 radical (unpaired) electrons. The number of benzene rings is 2. The molecule has 2 nitrogen and oxygen atoms in total. The minimum atomic E-state index is -0.581. The zero-order chi connectivity index (χ0) is 18.1. The molecule has 0 aromatic heterocycles. The molecule has 2 rings (SSSR count). The average molecular weight is 405 g/mol. The number of ether oxygens (including phenoxy) is 1. The van der Waals surface area contributed by atoms with Crippen molar-refractivity contribution in [1.82, 2.24) is 0 Å². The van der Waals surface area contributed by atoms with E-state index in [1.165, 1.54) is 15.6 Å². The Morgan fingerprint density at radius 3 is 2.52 bits per heavy atom. The van der Waals surface area contributed by atoms with Crippen molar-refractivity contribution in [3.8, 4) is 5.75 Å². The van der Waals surface area contributed by atoms with E-state index in [0.29, 0.717) is 15.0 Å². The van der Waals surface area contributed by atoms with E-state index >= 15 is 0 Å². The summed E-state index contributed by atoms with van der Waals surface area (Å²) < 4.78 is 6.83. The van der Waals surface area contributed by atoms with E-state index in [1.807, 2.05) is 6.92 Å². The summed E-state index contributed by atoms with van der Waals surface area (Å²) in [5.41, 5.74) is 2.13. The van der Waals surface area contributed by atoms with E-state index in [0.717, 1.165) is 43.2 Å². The fourth-order valence-corrected chi connectivity index (χ4v) is 4.99. The third kappa shape index (κ3) is 6.86. The van der Waals surface area contributed by atoms with Crippen LogP contribution in [-0.4, -0.2) is 32.8 Å². The van der Waals surface area contributed by atoms with Crippen molar-refractivity contribution < 1.29 is 9.84 Å². The van der Waals surface area contributed by atoms with Crippen molar-refractivity contribution in [2.75, 3.05) is 7.11 Å². The fraction of sp³-hybridized carbons (Fsp3) is 0.455. The fourth-order valence-electron chi connectivity index (χ4n) is 2.84. The van der Waals surface area contributed by atoms with Gasteiger partial charge in [-0.1, -0.05) is 0 Å². The van der Waals surface area contributed by atoms with Gasteiger partial charge in [-0.2, -0.15) is 0 Å². The van der Waals surface area contributed by atoms with Crippen LogP contribution in [0.1, 0.15) is 50.7 Å². The third-order valence-electron chi connectivity index (χ3n) is 4.51. The van der Waals surface area contributed by atoms with Gasteiger partial charge in [-0.25, -0.2) is 0 Å². The Kier molecular flexibility index (Phi) is 8.02. The van der Waals surface area contributed by atoms with Gasteiger partial charge in [0.2, 0.25) is 0 Å². The van der Waals surface area contributed by atoms with Gasteiger partial charge in [0.25, 0.3) is 0 Å². The summed E-state index contributed by atoms with van der Waals surface area (Å²) in [7, 11) is 1.71. The van der Waals surface area contributed by atoms with Crippen LogP contribution in [0, 0.1) is 0 Å². The molecule has 3 heteroatoms. The van der Waals surface area contributed by atoms with Crippen molar-refractivity contribution in [2.24, 2.45) is 0 Å². The minimum absolute atomic E-state index is 0.387. The number of hydrogen-bond donors (Lipinski definition) is 1. The maximum atomic E-state index is 10.6. The Bertz CT molecular complexity index is 638. The second kappa shape index (κ2) is 10.0. The number of methoxy groups -OCH3 is 1. The van der Waals surface area contributed by atoms with E-state index in [4.69, 9.17) is 4.74 Å². The molecule has 0 spiro atoms. The van der Waals surface area contributed by atoms with E-state index in [-0.39, 0.29) is 0 Å². The Morgan fingerprint density at radius 2 is 1.84 bits per heavy atom. The molecule has 0 aliphatic rings. The monoisotopic (exact) mass is 406 g/mol. The first-order chi connectivity index (χ1) is 12.0. The molecule has 0 aliphatic carbocycles. The second-order valence-corrected chi connectivity index (χ2v) is 8.98. The van der Waals surface area contributed by atoms with Gasteiger partial charge in [0.1, 0.15) is 0 Å². The van der Waals surface area contributed by atoms with Gasteiger partial charge in [0.05, 0.1) is 0 Å². The van der Waals surface area contributed by atoms with Gasteiger partial charge in [-0.05, 0) is 0 Å². The number of aryl methyl sites for hydroxylation is 1. The Morgan fingerprint density at radius 1 is 1.08 bits per heavy atom. The predicted octanol–water partition coefficient (Wildman–Crippen LogP) is 4.10. The van der Waals surface area contributed by atoms with Gasteiger partial charge in [0.15, 0.2) is 0 Å². The first kappa shape index (κ1) is 20.0. The summed E-state index contributed by atoms with van der Waals surface area (Å²) in [6.07, 6.45) is 4.78. The van der Waals surface area contributed by atoms with Crippen LogP contribution >= 0.6 is 0 Å². The Labute approximate surface area is 158 Å². The van der Waals surface area contributed by atoms with Crippen LogP contribution in [0.3, 0.4) is 0 Å². The van der Waals surface area contributed by atoms with Crippen molar-refractivity contribution in [1.29, 1.82) is 0 Å². The number of hydrogen-bond acceptors (Lipinski definition) is 2. The van der Waals surface area contributed by atoms with Crippen molar-refractivity contribution in [3.05, 3.63) is 59.7 Å². The first-order valence-corrected chi connectivity index (χ1v) is 11.2. The quantitative estimate of drug-likeness (QED) is 0.603. The standard InChI is InChI=1S/C22H30O2Se/c1-4-5-14-22(2,23)15-13-19-16-20(24-3)11-12-21(19)25-17-18-9-7-6-8-10-18/h6-12,16,23H,4-5,13-15,17H2,1-3H3. The molecule has 25 heavy (non-hydrogen) atoms. The third-order valence-corrected chi connectivity index (χ3v) is 7.00. The topological polar surface area (TPSA) is 29.5 Å². The van der Waals surface area contributed by atoms with Crippen molar-refractivity contribution in [3.63, 3.8) is 0 Å². The molecule has 136 valence electrons. The summed E-state index contributed by atoms with van der Waals surface area (Å²) in [6, 6.07) is 17.1. The molecule has 1 atom stereocenters. The Hall–Kier alpha value is -1.28. The van der Waals surface area contributed by atoms with Crippen LogP contribution in [0.4, 0.5) is 0 Å². The van der Waals surface area contributed by atoms with Crippen LogP contribution in [0.25, 0.3) is 0 Å². The van der Waals surface area contributed by atoms with Crippen LogP contribution in [0.2, 0.25) is 0 Å². The molecule has 2 aromatic rings. The molecule has 0 fully saturated rings. The molecular formula is C22H30O2Se. The summed E-state index contributed by atoms with van der Waals surface area (Å²) >= 11 is 0.387. The summed E-state index contributed by atoms with van der Waals surface area (Å²) in [5, 5.41) is 11.7. The molecular weight excluding hydrogens is 375 g/mol. The van der Waals surface area contributed by atoms with E-state index < -0.39 is 5.60 Å². The van der Waals surface area contributed by atoms with Crippen LogP contribution < -0.4 is 9.20 Å². The van der Waals surface area contributed by atoms with Gasteiger partial charge in [-0.3, -0.25) is 0 Å². The normalized spacial score (nSPS) is 13.4. The number of rotatable bonds is 10. The average Bonchev–Trinajstić information content (AvgIpc) is 2.64. The molecule has 0 aliphatic heterocycles. The van der Waals surface area contributed by atoms with E-state index in [2.05, 4.69) is 55.5 Å². The summed E-state index contributed by atoms with van der Waals surface area (Å²) in [6.45, 7) is 4.14. The van der Waals surface area contributed by atoms with Crippen molar-refractivity contribution >= 4 is 19.4 Å². The van der Waals surface area contributed by atoms with Crippen LogP contribution in [0.15, 0.2) is 48.5 Å².